The van der Waals surface area contributed by atoms with Crippen molar-refractivity contribution in [3.8, 4) is 0 Å². The standard InChI is InChI=1S/C21H29N/c1-5-6-7-15-10-16-12-21(4)13(2)8-9-17-14(3)22-18(11-15)19(16)20(17)21/h10-11,13,17,20H,5-9,12H2,1-4H3/t13-,17+,20?,21?/m1/s1. The molecule has 0 amide bonds. The smallest absolute Gasteiger partial charge is 0.0669 e. The molecular formula is C21H29N. The van der Waals surface area contributed by atoms with Gasteiger partial charge in [0.2, 0.25) is 0 Å². The van der Waals surface area contributed by atoms with Crippen LogP contribution in [0.2, 0.25) is 0 Å². The number of benzene rings is 1. The zero-order valence-corrected chi connectivity index (χ0v) is 14.6. The van der Waals surface area contributed by atoms with Crippen molar-refractivity contribution < 1.29 is 0 Å². The zero-order chi connectivity index (χ0) is 15.5. The first-order valence-corrected chi connectivity index (χ1v) is 9.25. The van der Waals surface area contributed by atoms with E-state index in [2.05, 4.69) is 39.8 Å². The number of nitrogens with zero attached hydrogens (tertiary/aromatic N) is 1. The Morgan fingerprint density at radius 1 is 1.27 bits per heavy atom. The Bertz CT molecular complexity index is 642. The highest BCUT2D eigenvalue weighted by Crippen LogP contribution is 2.63. The second kappa shape index (κ2) is 4.94. The minimum Gasteiger partial charge on any atom is -0.258 e. The van der Waals surface area contributed by atoms with Crippen LogP contribution in [-0.4, -0.2) is 5.71 Å². The van der Waals surface area contributed by atoms with Crippen molar-refractivity contribution in [3.05, 3.63) is 28.8 Å². The van der Waals surface area contributed by atoms with E-state index in [1.807, 2.05) is 0 Å². The monoisotopic (exact) mass is 295 g/mol. The van der Waals surface area contributed by atoms with Gasteiger partial charge in [-0.05, 0) is 73.1 Å². The summed E-state index contributed by atoms with van der Waals surface area (Å²) in [5, 5.41) is 0. The molecule has 1 fully saturated rings. The van der Waals surface area contributed by atoms with E-state index in [9.17, 15) is 0 Å². The Hall–Kier alpha value is -1.11. The SMILES string of the molecule is CCCCc1cc2c3c(c1)N=C(C)[C@@H]1CC[C@@H](C)C(C)(C2)C31. The van der Waals surface area contributed by atoms with Gasteiger partial charge in [-0.3, -0.25) is 4.99 Å². The molecule has 4 atom stereocenters. The molecule has 1 aromatic carbocycles. The zero-order valence-electron chi connectivity index (χ0n) is 14.6. The molecule has 2 aliphatic carbocycles. The number of hydrogen-bond donors (Lipinski definition) is 0. The third kappa shape index (κ3) is 1.87. The van der Waals surface area contributed by atoms with Crippen LogP contribution in [0, 0.1) is 17.3 Å². The molecule has 1 aliphatic heterocycles. The van der Waals surface area contributed by atoms with Crippen LogP contribution in [0.3, 0.4) is 0 Å². The van der Waals surface area contributed by atoms with Crippen LogP contribution >= 0.6 is 0 Å². The molecule has 0 bridgehead atoms. The lowest BCUT2D eigenvalue weighted by Crippen LogP contribution is -2.41. The Morgan fingerprint density at radius 3 is 2.86 bits per heavy atom. The van der Waals surface area contributed by atoms with Gasteiger partial charge in [0.05, 0.1) is 5.69 Å². The van der Waals surface area contributed by atoms with E-state index in [1.165, 1.54) is 55.5 Å². The summed E-state index contributed by atoms with van der Waals surface area (Å²) in [6.45, 7) is 9.60. The summed E-state index contributed by atoms with van der Waals surface area (Å²) in [5.41, 5.74) is 7.95. The van der Waals surface area contributed by atoms with Crippen LogP contribution in [0.15, 0.2) is 17.1 Å². The lowest BCUT2D eigenvalue weighted by molar-refractivity contribution is 0.0919. The number of unbranched alkanes of at least 4 members (excludes halogenated alkanes) is 1. The van der Waals surface area contributed by atoms with Gasteiger partial charge in [-0.2, -0.15) is 0 Å². The molecule has 1 heteroatoms. The van der Waals surface area contributed by atoms with Crippen molar-refractivity contribution >= 4 is 11.4 Å². The van der Waals surface area contributed by atoms with E-state index in [1.54, 1.807) is 11.1 Å². The summed E-state index contributed by atoms with van der Waals surface area (Å²) >= 11 is 0. The molecule has 0 aromatic heterocycles. The Balaban J connectivity index is 1.85. The maximum absolute atomic E-state index is 5.06. The second-order valence-electron chi connectivity index (χ2n) is 8.29. The average Bonchev–Trinajstić information content (AvgIpc) is 2.80. The van der Waals surface area contributed by atoms with Crippen molar-refractivity contribution in [2.75, 3.05) is 0 Å². The molecule has 4 rings (SSSR count). The molecule has 0 spiro atoms. The van der Waals surface area contributed by atoms with Crippen molar-refractivity contribution in [3.63, 3.8) is 0 Å². The topological polar surface area (TPSA) is 12.4 Å². The highest BCUT2D eigenvalue weighted by molar-refractivity contribution is 5.91. The quantitative estimate of drug-likeness (QED) is 0.665. The van der Waals surface area contributed by atoms with Crippen molar-refractivity contribution in [2.45, 2.75) is 72.1 Å². The van der Waals surface area contributed by atoms with Crippen LogP contribution in [0.1, 0.15) is 76.0 Å². The van der Waals surface area contributed by atoms with Gasteiger partial charge in [0.15, 0.2) is 0 Å². The predicted molar refractivity (Wildman–Crippen MR) is 94.3 cm³/mol. The van der Waals surface area contributed by atoms with Gasteiger partial charge < -0.3 is 0 Å². The summed E-state index contributed by atoms with van der Waals surface area (Å²) in [6.07, 6.45) is 7.77. The van der Waals surface area contributed by atoms with Gasteiger partial charge in [-0.1, -0.05) is 33.3 Å². The minimum absolute atomic E-state index is 0.459. The van der Waals surface area contributed by atoms with E-state index in [-0.39, 0.29) is 0 Å². The highest BCUT2D eigenvalue weighted by atomic mass is 14.8. The predicted octanol–water partition coefficient (Wildman–Crippen LogP) is 5.83. The van der Waals surface area contributed by atoms with E-state index in [0.717, 1.165) is 11.8 Å². The highest BCUT2D eigenvalue weighted by Gasteiger charge is 2.54. The van der Waals surface area contributed by atoms with Crippen LogP contribution in [0.4, 0.5) is 5.69 Å². The molecule has 22 heavy (non-hydrogen) atoms. The van der Waals surface area contributed by atoms with Crippen LogP contribution in [-0.2, 0) is 12.8 Å². The number of hydrogen-bond acceptors (Lipinski definition) is 1. The first kappa shape index (κ1) is 14.5. The first-order chi connectivity index (χ1) is 10.5. The van der Waals surface area contributed by atoms with Crippen molar-refractivity contribution in [2.24, 2.45) is 22.2 Å². The largest absolute Gasteiger partial charge is 0.258 e. The fourth-order valence-electron chi connectivity index (χ4n) is 5.52. The molecule has 2 unspecified atom stereocenters. The molecule has 118 valence electrons. The van der Waals surface area contributed by atoms with Crippen LogP contribution < -0.4 is 0 Å². The average molecular weight is 295 g/mol. The lowest BCUT2D eigenvalue weighted by atomic mass is 9.57. The summed E-state index contributed by atoms with van der Waals surface area (Å²) in [4.78, 5) is 5.06. The summed E-state index contributed by atoms with van der Waals surface area (Å²) < 4.78 is 0. The maximum Gasteiger partial charge on any atom is 0.0669 e. The number of aryl methyl sites for hydroxylation is 1. The first-order valence-electron chi connectivity index (χ1n) is 9.25. The fraction of sp³-hybridized carbons (Fsp3) is 0.667. The molecule has 1 nitrogen and oxygen atoms in total. The third-order valence-corrected chi connectivity index (χ3v) is 6.99. The molecular weight excluding hydrogens is 266 g/mol. The molecule has 0 N–H and O–H groups in total. The minimum atomic E-state index is 0.459. The van der Waals surface area contributed by atoms with Crippen molar-refractivity contribution in [1.82, 2.24) is 0 Å². The summed E-state index contributed by atoms with van der Waals surface area (Å²) in [5.74, 6) is 2.27. The van der Waals surface area contributed by atoms with Gasteiger partial charge in [-0.15, -0.1) is 0 Å². The maximum atomic E-state index is 5.06. The second-order valence-corrected chi connectivity index (χ2v) is 8.29. The molecule has 0 saturated heterocycles. The van der Waals surface area contributed by atoms with Crippen LogP contribution in [0.5, 0.6) is 0 Å². The van der Waals surface area contributed by atoms with Gasteiger partial charge in [-0.25, -0.2) is 0 Å². The van der Waals surface area contributed by atoms with Gasteiger partial charge in [0.25, 0.3) is 0 Å². The van der Waals surface area contributed by atoms with Crippen LogP contribution in [0.25, 0.3) is 0 Å². The Morgan fingerprint density at radius 2 is 2.09 bits per heavy atom. The van der Waals surface area contributed by atoms with Gasteiger partial charge in [0.1, 0.15) is 0 Å². The molecule has 1 saturated carbocycles. The fourth-order valence-corrected chi connectivity index (χ4v) is 5.52. The normalized spacial score (nSPS) is 35.3. The number of aliphatic imine (C=N–C) groups is 1. The van der Waals surface area contributed by atoms with E-state index in [0.29, 0.717) is 11.3 Å². The van der Waals surface area contributed by atoms with E-state index in [4.69, 9.17) is 4.99 Å². The summed E-state index contributed by atoms with van der Waals surface area (Å²) in [7, 11) is 0. The van der Waals surface area contributed by atoms with E-state index >= 15 is 0 Å². The van der Waals surface area contributed by atoms with E-state index < -0.39 is 0 Å². The number of rotatable bonds is 3. The summed E-state index contributed by atoms with van der Waals surface area (Å²) in [6, 6.07) is 4.93. The third-order valence-electron chi connectivity index (χ3n) is 6.99. The Labute approximate surface area is 135 Å². The van der Waals surface area contributed by atoms with Gasteiger partial charge in [0, 0.05) is 17.5 Å². The molecule has 0 radical (unpaired) electrons. The van der Waals surface area contributed by atoms with Crippen molar-refractivity contribution in [1.29, 1.82) is 0 Å². The Kier molecular flexibility index (Phi) is 3.25. The molecule has 1 aromatic rings. The molecule has 3 aliphatic rings. The lowest BCUT2D eigenvalue weighted by Gasteiger charge is -2.48. The molecule has 1 heterocycles. The van der Waals surface area contributed by atoms with Gasteiger partial charge >= 0.3 is 0 Å².